The number of hydrogen-bond donors (Lipinski definition) is 0. The van der Waals surface area contributed by atoms with Crippen molar-refractivity contribution in [1.29, 1.82) is 0 Å². The van der Waals surface area contributed by atoms with E-state index in [4.69, 9.17) is 11.6 Å². The number of nitro groups is 1. The average molecular weight is 420 g/mol. The summed E-state index contributed by atoms with van der Waals surface area (Å²) < 4.78 is 3.26. The summed E-state index contributed by atoms with van der Waals surface area (Å²) in [6, 6.07) is 0. The molecule has 9 nitrogen and oxygen atoms in total. The van der Waals surface area contributed by atoms with Crippen molar-refractivity contribution in [3.63, 3.8) is 0 Å². The third-order valence-electron chi connectivity index (χ3n) is 3.50. The second-order valence-corrected chi connectivity index (χ2v) is 6.37. The van der Waals surface area contributed by atoms with E-state index in [1.54, 1.807) is 24.9 Å². The number of amides is 1. The topological polar surface area (TPSA) is 99.1 Å². The summed E-state index contributed by atoms with van der Waals surface area (Å²) >= 11 is 9.22. The van der Waals surface area contributed by atoms with Crippen LogP contribution >= 0.6 is 27.5 Å². The molecule has 0 radical (unpaired) electrons. The van der Waals surface area contributed by atoms with Crippen LogP contribution in [-0.4, -0.2) is 42.3 Å². The molecule has 130 valence electrons. The van der Waals surface area contributed by atoms with Crippen molar-refractivity contribution in [2.45, 2.75) is 33.5 Å². The van der Waals surface area contributed by atoms with Crippen molar-refractivity contribution in [1.82, 2.24) is 24.5 Å². The molecule has 2 aromatic rings. The van der Waals surface area contributed by atoms with E-state index in [9.17, 15) is 14.9 Å². The average Bonchev–Trinajstić information content (AvgIpc) is 3.02. The van der Waals surface area contributed by atoms with Gasteiger partial charge in [-0.05, 0) is 34.7 Å². The van der Waals surface area contributed by atoms with Gasteiger partial charge in [0.25, 0.3) is 0 Å². The smallest absolute Gasteiger partial charge is 0.358 e. The molecule has 0 N–H and O–H groups in total. The molecule has 0 spiro atoms. The lowest BCUT2D eigenvalue weighted by Gasteiger charge is -2.15. The van der Waals surface area contributed by atoms with Gasteiger partial charge in [0.15, 0.2) is 0 Å². The minimum atomic E-state index is -0.598. The summed E-state index contributed by atoms with van der Waals surface area (Å²) in [4.78, 5) is 24.1. The van der Waals surface area contributed by atoms with Gasteiger partial charge in [0.05, 0.1) is 22.4 Å². The molecule has 24 heavy (non-hydrogen) atoms. The number of rotatable bonds is 6. The molecule has 0 aliphatic heterocycles. The zero-order valence-electron chi connectivity index (χ0n) is 13.4. The van der Waals surface area contributed by atoms with Gasteiger partial charge in [-0.1, -0.05) is 11.6 Å². The van der Waals surface area contributed by atoms with Crippen LogP contribution in [0, 0.1) is 17.0 Å². The molecule has 2 aromatic heterocycles. The number of hydrogen-bond acceptors (Lipinski definition) is 5. The third kappa shape index (κ3) is 3.75. The van der Waals surface area contributed by atoms with Crippen LogP contribution in [0.25, 0.3) is 0 Å². The number of nitrogens with zero attached hydrogens (tertiary/aromatic N) is 6. The van der Waals surface area contributed by atoms with Gasteiger partial charge >= 0.3 is 5.82 Å². The van der Waals surface area contributed by atoms with Gasteiger partial charge in [0, 0.05) is 19.8 Å². The molecule has 2 heterocycles. The van der Waals surface area contributed by atoms with E-state index in [1.165, 1.54) is 9.58 Å². The lowest BCUT2D eigenvalue weighted by Crippen LogP contribution is -2.30. The van der Waals surface area contributed by atoms with E-state index in [2.05, 4.69) is 26.1 Å². The van der Waals surface area contributed by atoms with E-state index < -0.39 is 4.92 Å². The van der Waals surface area contributed by atoms with Crippen LogP contribution in [0.4, 0.5) is 5.82 Å². The molecule has 0 aromatic carbocycles. The Hall–Kier alpha value is -1.94. The molecule has 0 atom stereocenters. The first-order valence-corrected chi connectivity index (χ1v) is 8.24. The number of carbonyl (C=O) groups is 1. The molecular formula is C13H16BrClN6O3. The molecule has 0 aliphatic carbocycles. The maximum Gasteiger partial charge on any atom is 0.404 e. The lowest BCUT2D eigenvalue weighted by atomic mass is 10.4. The zero-order valence-corrected chi connectivity index (χ0v) is 15.7. The van der Waals surface area contributed by atoms with E-state index in [0.717, 1.165) is 0 Å². The Kier molecular flexibility index (Phi) is 5.60. The molecular weight excluding hydrogens is 404 g/mol. The molecule has 0 bridgehead atoms. The monoisotopic (exact) mass is 418 g/mol. The third-order valence-corrected chi connectivity index (χ3v) is 4.74. The standard InChI is InChI=1S/C13H16BrClN6O3/c1-4-19-5-9(15)10(16-19)6-18(3)11(22)7-20-8(2)12(14)13(17-20)21(23)24/h5H,4,6-7H2,1-3H3. The van der Waals surface area contributed by atoms with E-state index >= 15 is 0 Å². The normalized spacial score (nSPS) is 10.9. The van der Waals surface area contributed by atoms with Crippen molar-refractivity contribution in [2.24, 2.45) is 0 Å². The molecule has 0 unspecified atom stereocenters. The predicted molar refractivity (Wildman–Crippen MR) is 90.7 cm³/mol. The first-order chi connectivity index (χ1) is 11.2. The zero-order chi connectivity index (χ0) is 18.0. The number of aromatic nitrogens is 4. The fourth-order valence-electron chi connectivity index (χ4n) is 2.05. The number of likely N-dealkylation sites (N-methyl/N-ethyl adjacent to an activating group) is 1. The Bertz CT molecular complexity index is 787. The first kappa shape index (κ1) is 18.4. The Morgan fingerprint density at radius 1 is 1.50 bits per heavy atom. The van der Waals surface area contributed by atoms with Gasteiger partial charge < -0.3 is 15.0 Å². The summed E-state index contributed by atoms with van der Waals surface area (Å²) in [6.07, 6.45) is 1.70. The van der Waals surface area contributed by atoms with Crippen molar-refractivity contribution in [3.8, 4) is 0 Å². The van der Waals surface area contributed by atoms with Gasteiger partial charge in [-0.25, -0.2) is 0 Å². The Morgan fingerprint density at radius 2 is 2.17 bits per heavy atom. The van der Waals surface area contributed by atoms with Gasteiger partial charge in [-0.2, -0.15) is 9.78 Å². The quantitative estimate of drug-likeness (QED) is 0.529. The highest BCUT2D eigenvalue weighted by Crippen LogP contribution is 2.27. The second kappa shape index (κ2) is 7.31. The summed E-state index contributed by atoms with van der Waals surface area (Å²) in [6.45, 7) is 4.40. The summed E-state index contributed by atoms with van der Waals surface area (Å²) in [5.41, 5.74) is 1.11. The minimum absolute atomic E-state index is 0.110. The van der Waals surface area contributed by atoms with Crippen LogP contribution in [0.5, 0.6) is 0 Å². The first-order valence-electron chi connectivity index (χ1n) is 7.07. The van der Waals surface area contributed by atoms with Crippen molar-refractivity contribution >= 4 is 39.3 Å². The van der Waals surface area contributed by atoms with Gasteiger partial charge in [0.2, 0.25) is 5.91 Å². The van der Waals surface area contributed by atoms with Crippen LogP contribution in [0.3, 0.4) is 0 Å². The van der Waals surface area contributed by atoms with Gasteiger partial charge in [-0.15, -0.1) is 0 Å². The largest absolute Gasteiger partial charge is 0.404 e. The van der Waals surface area contributed by atoms with E-state index in [-0.39, 0.29) is 29.3 Å². The number of aryl methyl sites for hydroxylation is 1. The number of carbonyl (C=O) groups excluding carboxylic acids is 1. The van der Waals surface area contributed by atoms with E-state index in [0.29, 0.717) is 23.0 Å². The predicted octanol–water partition coefficient (Wildman–Crippen LogP) is 2.39. The van der Waals surface area contributed by atoms with E-state index in [1.807, 2.05) is 6.92 Å². The van der Waals surface area contributed by atoms with Crippen molar-refractivity contribution < 1.29 is 9.72 Å². The molecule has 2 rings (SSSR count). The Morgan fingerprint density at radius 3 is 2.67 bits per heavy atom. The summed E-state index contributed by atoms with van der Waals surface area (Å²) in [5, 5.41) is 19.5. The summed E-state index contributed by atoms with van der Waals surface area (Å²) in [7, 11) is 1.62. The Balaban J connectivity index is 2.10. The highest BCUT2D eigenvalue weighted by atomic mass is 79.9. The lowest BCUT2D eigenvalue weighted by molar-refractivity contribution is -0.390. The second-order valence-electron chi connectivity index (χ2n) is 5.17. The SMILES string of the molecule is CCn1cc(Cl)c(CN(C)C(=O)Cn2nc([N+](=O)[O-])c(Br)c2C)n1. The highest BCUT2D eigenvalue weighted by molar-refractivity contribution is 9.10. The van der Waals surface area contributed by atoms with Crippen molar-refractivity contribution in [3.05, 3.63) is 37.2 Å². The maximum absolute atomic E-state index is 12.3. The van der Waals surface area contributed by atoms with Crippen LogP contribution in [0.15, 0.2) is 10.7 Å². The van der Waals surface area contributed by atoms with Crippen LogP contribution in [-0.2, 0) is 24.4 Å². The van der Waals surface area contributed by atoms with Crippen LogP contribution in [0.2, 0.25) is 5.02 Å². The fraction of sp³-hybridized carbons (Fsp3) is 0.462. The van der Waals surface area contributed by atoms with Gasteiger partial charge in [-0.3, -0.25) is 9.48 Å². The molecule has 1 amide bonds. The fourth-order valence-corrected chi connectivity index (χ4v) is 2.69. The molecule has 0 saturated carbocycles. The maximum atomic E-state index is 12.3. The van der Waals surface area contributed by atoms with Crippen molar-refractivity contribution in [2.75, 3.05) is 7.05 Å². The molecule has 0 fully saturated rings. The molecule has 0 saturated heterocycles. The number of halogens is 2. The van der Waals surface area contributed by atoms with Gasteiger partial charge in [0.1, 0.15) is 16.7 Å². The van der Waals surface area contributed by atoms with Crippen LogP contribution in [0.1, 0.15) is 18.3 Å². The highest BCUT2D eigenvalue weighted by Gasteiger charge is 2.25. The molecule has 0 aliphatic rings. The Labute approximate surface area is 151 Å². The van der Waals surface area contributed by atoms with Crippen LogP contribution < -0.4 is 0 Å². The minimum Gasteiger partial charge on any atom is -0.358 e. The summed E-state index contributed by atoms with van der Waals surface area (Å²) in [5.74, 6) is -0.571. The molecule has 11 heteroatoms.